The molecule has 0 saturated heterocycles. The quantitative estimate of drug-likeness (QED) is 0.628. The van der Waals surface area contributed by atoms with Gasteiger partial charge in [0, 0.05) is 10.9 Å². The van der Waals surface area contributed by atoms with E-state index in [1.807, 2.05) is 42.5 Å². The Labute approximate surface area is 137 Å². The van der Waals surface area contributed by atoms with Crippen molar-refractivity contribution in [1.29, 1.82) is 0 Å². The Morgan fingerprint density at radius 1 is 1.12 bits per heavy atom. The number of nitrogens with zero attached hydrogens (tertiary/aromatic N) is 3. The van der Waals surface area contributed by atoms with Gasteiger partial charge in [0.1, 0.15) is 24.0 Å². The third-order valence-corrected chi connectivity index (χ3v) is 3.71. The molecule has 0 aliphatic carbocycles. The van der Waals surface area contributed by atoms with Gasteiger partial charge in [-0.3, -0.25) is 4.79 Å². The average Bonchev–Trinajstić information content (AvgIpc) is 3.29. The van der Waals surface area contributed by atoms with Crippen LogP contribution in [0.4, 0.5) is 0 Å². The summed E-state index contributed by atoms with van der Waals surface area (Å²) >= 11 is 0. The number of rotatable bonds is 4. The van der Waals surface area contributed by atoms with Crippen molar-refractivity contribution in [3.05, 3.63) is 78.6 Å². The predicted octanol–water partition coefficient (Wildman–Crippen LogP) is 2.94. The summed E-state index contributed by atoms with van der Waals surface area (Å²) in [5.74, 6) is 0.574. The molecule has 4 aromatic rings. The molecule has 2 aromatic heterocycles. The first-order chi connectivity index (χ1) is 11.8. The SMILES string of the molecule is O=C(NCc1cc2ccccc2o1)c1ccc(-n2cncn2)cc1. The van der Waals surface area contributed by atoms with E-state index in [0.29, 0.717) is 12.1 Å². The van der Waals surface area contributed by atoms with Crippen LogP contribution in [0.2, 0.25) is 0 Å². The first-order valence-corrected chi connectivity index (χ1v) is 7.50. The van der Waals surface area contributed by atoms with Crippen molar-refractivity contribution in [2.45, 2.75) is 6.54 Å². The van der Waals surface area contributed by atoms with Gasteiger partial charge in [-0.15, -0.1) is 0 Å². The zero-order valence-corrected chi connectivity index (χ0v) is 12.7. The van der Waals surface area contributed by atoms with E-state index in [-0.39, 0.29) is 5.91 Å². The fourth-order valence-corrected chi connectivity index (χ4v) is 2.50. The molecule has 0 aliphatic rings. The lowest BCUT2D eigenvalue weighted by Gasteiger charge is -2.05. The van der Waals surface area contributed by atoms with Gasteiger partial charge in [0.2, 0.25) is 0 Å². The van der Waals surface area contributed by atoms with Crippen LogP contribution in [-0.2, 0) is 6.54 Å². The van der Waals surface area contributed by atoms with Gasteiger partial charge < -0.3 is 9.73 Å². The van der Waals surface area contributed by atoms with Crippen molar-refractivity contribution in [2.75, 3.05) is 0 Å². The molecule has 0 unspecified atom stereocenters. The number of benzene rings is 2. The minimum atomic E-state index is -0.152. The van der Waals surface area contributed by atoms with Crippen LogP contribution in [0.1, 0.15) is 16.1 Å². The van der Waals surface area contributed by atoms with Crippen molar-refractivity contribution in [3.8, 4) is 5.69 Å². The summed E-state index contributed by atoms with van der Waals surface area (Å²) in [6, 6.07) is 16.9. The molecule has 0 fully saturated rings. The molecule has 0 radical (unpaired) electrons. The minimum Gasteiger partial charge on any atom is -0.459 e. The molecule has 1 amide bonds. The number of aromatic nitrogens is 3. The van der Waals surface area contributed by atoms with Crippen molar-refractivity contribution in [1.82, 2.24) is 20.1 Å². The van der Waals surface area contributed by atoms with Gasteiger partial charge >= 0.3 is 0 Å². The number of carbonyl (C=O) groups is 1. The summed E-state index contributed by atoms with van der Waals surface area (Å²) in [5.41, 5.74) is 2.25. The van der Waals surface area contributed by atoms with E-state index in [1.165, 1.54) is 6.33 Å². The smallest absolute Gasteiger partial charge is 0.251 e. The number of furan rings is 1. The third-order valence-electron chi connectivity index (χ3n) is 3.71. The van der Waals surface area contributed by atoms with Crippen LogP contribution in [0.25, 0.3) is 16.7 Å². The van der Waals surface area contributed by atoms with Crippen molar-refractivity contribution < 1.29 is 9.21 Å². The Balaban J connectivity index is 1.44. The molecule has 0 saturated carbocycles. The van der Waals surface area contributed by atoms with Crippen LogP contribution in [-0.4, -0.2) is 20.7 Å². The number of amides is 1. The monoisotopic (exact) mass is 318 g/mol. The van der Waals surface area contributed by atoms with Crippen LogP contribution in [0.5, 0.6) is 0 Å². The number of hydrogen-bond acceptors (Lipinski definition) is 4. The average molecular weight is 318 g/mol. The summed E-state index contributed by atoms with van der Waals surface area (Å²) < 4.78 is 7.32. The molecule has 1 N–H and O–H groups in total. The normalized spacial score (nSPS) is 10.8. The number of para-hydroxylation sites is 1. The molecule has 0 bridgehead atoms. The number of fused-ring (bicyclic) bond motifs is 1. The van der Waals surface area contributed by atoms with E-state index in [0.717, 1.165) is 22.4 Å². The van der Waals surface area contributed by atoms with Gasteiger partial charge in [0.05, 0.1) is 12.2 Å². The number of carbonyl (C=O) groups excluding carboxylic acids is 1. The Morgan fingerprint density at radius 2 is 1.96 bits per heavy atom. The maximum atomic E-state index is 12.2. The second kappa shape index (κ2) is 6.00. The van der Waals surface area contributed by atoms with E-state index in [1.54, 1.807) is 23.1 Å². The Kier molecular flexibility index (Phi) is 3.55. The molecule has 0 aliphatic heterocycles. The van der Waals surface area contributed by atoms with Crippen LogP contribution in [0.3, 0.4) is 0 Å². The van der Waals surface area contributed by atoms with E-state index >= 15 is 0 Å². The zero-order chi connectivity index (χ0) is 16.4. The van der Waals surface area contributed by atoms with Gasteiger partial charge in [-0.05, 0) is 36.4 Å². The molecule has 2 aromatic carbocycles. The lowest BCUT2D eigenvalue weighted by Crippen LogP contribution is -2.22. The van der Waals surface area contributed by atoms with Crippen molar-refractivity contribution >= 4 is 16.9 Å². The topological polar surface area (TPSA) is 73.0 Å². The molecule has 4 rings (SSSR count). The second-order valence-electron chi connectivity index (χ2n) is 5.32. The fourth-order valence-electron chi connectivity index (χ4n) is 2.50. The van der Waals surface area contributed by atoms with E-state index in [9.17, 15) is 4.79 Å². The molecule has 6 heteroatoms. The van der Waals surface area contributed by atoms with Crippen LogP contribution in [0, 0.1) is 0 Å². The fraction of sp³-hybridized carbons (Fsp3) is 0.0556. The number of nitrogens with one attached hydrogen (secondary N) is 1. The maximum Gasteiger partial charge on any atom is 0.251 e. The summed E-state index contributed by atoms with van der Waals surface area (Å²) in [7, 11) is 0. The van der Waals surface area contributed by atoms with Gasteiger partial charge in [-0.25, -0.2) is 9.67 Å². The highest BCUT2D eigenvalue weighted by Gasteiger charge is 2.08. The van der Waals surface area contributed by atoms with Gasteiger partial charge in [-0.2, -0.15) is 5.10 Å². The van der Waals surface area contributed by atoms with Crippen molar-refractivity contribution in [3.63, 3.8) is 0 Å². The lowest BCUT2D eigenvalue weighted by molar-refractivity contribution is 0.0948. The summed E-state index contributed by atoms with van der Waals surface area (Å²) in [6.45, 7) is 0.346. The first kappa shape index (κ1) is 14.2. The molecule has 118 valence electrons. The van der Waals surface area contributed by atoms with Gasteiger partial charge in [0.25, 0.3) is 5.91 Å². The largest absolute Gasteiger partial charge is 0.459 e. The Bertz CT molecular complexity index is 939. The predicted molar refractivity (Wildman–Crippen MR) is 88.7 cm³/mol. The van der Waals surface area contributed by atoms with E-state index in [2.05, 4.69) is 15.4 Å². The van der Waals surface area contributed by atoms with E-state index < -0.39 is 0 Å². The number of hydrogen-bond donors (Lipinski definition) is 1. The van der Waals surface area contributed by atoms with Crippen LogP contribution >= 0.6 is 0 Å². The molecular formula is C18H14N4O2. The standard InChI is InChI=1S/C18H14N4O2/c23-18(13-5-7-15(8-6-13)22-12-19-11-21-22)20-10-16-9-14-3-1-2-4-17(14)24-16/h1-9,11-12H,10H2,(H,20,23). The Hall–Kier alpha value is -3.41. The highest BCUT2D eigenvalue weighted by atomic mass is 16.3. The van der Waals surface area contributed by atoms with Crippen LogP contribution in [0.15, 0.2) is 71.7 Å². The molecule has 6 nitrogen and oxygen atoms in total. The van der Waals surface area contributed by atoms with E-state index in [4.69, 9.17) is 4.42 Å². The maximum absolute atomic E-state index is 12.2. The lowest BCUT2D eigenvalue weighted by atomic mass is 10.2. The summed E-state index contributed by atoms with van der Waals surface area (Å²) in [4.78, 5) is 16.1. The highest BCUT2D eigenvalue weighted by Crippen LogP contribution is 2.18. The first-order valence-electron chi connectivity index (χ1n) is 7.50. The summed E-state index contributed by atoms with van der Waals surface area (Å²) in [6.07, 6.45) is 3.07. The second-order valence-corrected chi connectivity index (χ2v) is 5.32. The molecule has 2 heterocycles. The van der Waals surface area contributed by atoms with Crippen LogP contribution < -0.4 is 5.32 Å². The Morgan fingerprint density at radius 3 is 2.71 bits per heavy atom. The minimum absolute atomic E-state index is 0.152. The summed E-state index contributed by atoms with van der Waals surface area (Å²) in [5, 5.41) is 7.94. The molecule has 24 heavy (non-hydrogen) atoms. The molecule has 0 spiro atoms. The zero-order valence-electron chi connectivity index (χ0n) is 12.7. The third kappa shape index (κ3) is 2.77. The van der Waals surface area contributed by atoms with Crippen molar-refractivity contribution in [2.24, 2.45) is 0 Å². The highest BCUT2D eigenvalue weighted by molar-refractivity contribution is 5.94. The van der Waals surface area contributed by atoms with Gasteiger partial charge in [-0.1, -0.05) is 18.2 Å². The van der Waals surface area contributed by atoms with Gasteiger partial charge in [0.15, 0.2) is 0 Å². The molecule has 0 atom stereocenters. The molecular weight excluding hydrogens is 304 g/mol.